The van der Waals surface area contributed by atoms with E-state index in [2.05, 4.69) is 10.3 Å². The maximum atomic E-state index is 12.0. The Kier molecular flexibility index (Phi) is 3.80. The van der Waals surface area contributed by atoms with Crippen LogP contribution in [0.1, 0.15) is 13.8 Å². The average molecular weight is 220 g/mol. The van der Waals surface area contributed by atoms with Gasteiger partial charge in [-0.25, -0.2) is 4.99 Å². The summed E-state index contributed by atoms with van der Waals surface area (Å²) in [5, 5.41) is 2.33. The first kappa shape index (κ1) is 11.4. The molecule has 0 bridgehead atoms. The minimum absolute atomic E-state index is 0.219. The highest BCUT2D eigenvalue weighted by molar-refractivity contribution is 7.55. The molecule has 1 aliphatic heterocycles. The van der Waals surface area contributed by atoms with Crippen LogP contribution >= 0.6 is 7.60 Å². The number of nitrogens with zero attached hydrogens (tertiary/aromatic N) is 1. The summed E-state index contributed by atoms with van der Waals surface area (Å²) in [6.45, 7) is 3.80. The second-order valence-corrected chi connectivity index (χ2v) is 4.62. The zero-order chi connectivity index (χ0) is 10.6. The van der Waals surface area contributed by atoms with Crippen molar-refractivity contribution in [1.29, 1.82) is 0 Å². The predicted molar refractivity (Wildman–Crippen MR) is 51.3 cm³/mol. The van der Waals surface area contributed by atoms with Crippen LogP contribution in [0.4, 0.5) is 0 Å². The molecule has 0 saturated heterocycles. The van der Waals surface area contributed by atoms with Gasteiger partial charge in [-0.15, -0.1) is 0 Å². The average Bonchev–Trinajstić information content (AvgIpc) is 2.52. The Morgan fingerprint density at radius 1 is 1.50 bits per heavy atom. The van der Waals surface area contributed by atoms with Gasteiger partial charge in [-0.2, -0.15) is 0 Å². The van der Waals surface area contributed by atoms with Gasteiger partial charge in [-0.05, 0) is 13.8 Å². The second kappa shape index (κ2) is 4.68. The summed E-state index contributed by atoms with van der Waals surface area (Å²) in [5.41, 5.74) is 0. The largest absolute Gasteiger partial charge is 0.364 e. The Hall–Kier alpha value is -0.710. The van der Waals surface area contributed by atoms with Gasteiger partial charge < -0.3 is 14.4 Å². The van der Waals surface area contributed by atoms with Gasteiger partial charge >= 0.3 is 7.60 Å². The van der Waals surface area contributed by atoms with Crippen LogP contribution in [0, 0.1) is 0 Å². The number of nitrogens with one attached hydrogen (secondary N) is 1. The highest BCUT2D eigenvalue weighted by Gasteiger charge is 2.42. The van der Waals surface area contributed by atoms with Gasteiger partial charge in [-0.3, -0.25) is 9.36 Å². The van der Waals surface area contributed by atoms with E-state index < -0.39 is 19.3 Å². The van der Waals surface area contributed by atoms with Gasteiger partial charge in [0.15, 0.2) is 0 Å². The van der Waals surface area contributed by atoms with E-state index in [0.717, 1.165) is 0 Å². The fourth-order valence-electron chi connectivity index (χ4n) is 1.08. The molecule has 7 heteroatoms. The van der Waals surface area contributed by atoms with Gasteiger partial charge in [0.2, 0.25) is 5.78 Å². The molecule has 1 N–H and O–H groups in total. The monoisotopic (exact) mass is 220 g/mol. The maximum Gasteiger partial charge on any atom is 0.364 e. The van der Waals surface area contributed by atoms with E-state index in [1.807, 2.05) is 0 Å². The molecular weight excluding hydrogens is 207 g/mol. The number of amides is 1. The Balaban J connectivity index is 2.81. The van der Waals surface area contributed by atoms with Crippen molar-refractivity contribution >= 4 is 19.8 Å². The lowest BCUT2D eigenvalue weighted by Gasteiger charge is -2.19. The molecule has 0 aromatic rings. The number of hydrogen-bond acceptors (Lipinski definition) is 5. The topological polar surface area (TPSA) is 77.0 Å². The fraction of sp³-hybridized carbons (Fsp3) is 0.714. The van der Waals surface area contributed by atoms with Crippen LogP contribution < -0.4 is 5.32 Å². The zero-order valence-electron chi connectivity index (χ0n) is 8.10. The molecule has 1 amide bonds. The van der Waals surface area contributed by atoms with Gasteiger partial charge in [-0.1, -0.05) is 0 Å². The van der Waals surface area contributed by atoms with Crippen LogP contribution in [-0.4, -0.2) is 31.2 Å². The maximum absolute atomic E-state index is 12.0. The van der Waals surface area contributed by atoms with Crippen LogP contribution in [-0.2, 0) is 18.4 Å². The molecule has 0 aromatic carbocycles. The third kappa shape index (κ3) is 2.20. The van der Waals surface area contributed by atoms with E-state index in [1.165, 1.54) is 6.34 Å². The number of hydrogen-bond donors (Lipinski definition) is 1. The van der Waals surface area contributed by atoms with Crippen molar-refractivity contribution in [2.75, 3.05) is 13.2 Å². The molecule has 0 aromatic heterocycles. The third-order valence-corrected chi connectivity index (χ3v) is 3.78. The minimum atomic E-state index is -3.43. The molecule has 6 nitrogen and oxygen atoms in total. The SMILES string of the molecule is CCOP(=O)(OCC)C1N=CNC1=O. The summed E-state index contributed by atoms with van der Waals surface area (Å²) in [5.74, 6) is -1.50. The van der Waals surface area contributed by atoms with Gasteiger partial charge in [0.25, 0.3) is 5.91 Å². The summed E-state index contributed by atoms with van der Waals surface area (Å²) in [7, 11) is -3.43. The first-order chi connectivity index (χ1) is 6.64. The van der Waals surface area contributed by atoms with Crippen LogP contribution in [0.5, 0.6) is 0 Å². The minimum Gasteiger partial charge on any atom is -0.315 e. The van der Waals surface area contributed by atoms with Crippen molar-refractivity contribution in [3.8, 4) is 0 Å². The molecule has 1 aliphatic rings. The van der Waals surface area contributed by atoms with Crippen molar-refractivity contribution in [1.82, 2.24) is 5.32 Å². The summed E-state index contributed by atoms with van der Waals surface area (Å²) in [6, 6.07) is 0. The highest BCUT2D eigenvalue weighted by atomic mass is 31.2. The first-order valence-corrected chi connectivity index (χ1v) is 5.96. The van der Waals surface area contributed by atoms with Gasteiger partial charge in [0.1, 0.15) is 0 Å². The molecular formula is C7H13N2O4P. The first-order valence-electron chi connectivity index (χ1n) is 4.35. The molecule has 0 fully saturated rings. The molecule has 1 unspecified atom stereocenters. The smallest absolute Gasteiger partial charge is 0.315 e. The van der Waals surface area contributed by atoms with E-state index >= 15 is 0 Å². The van der Waals surface area contributed by atoms with Crippen LogP contribution in [0.25, 0.3) is 0 Å². The van der Waals surface area contributed by atoms with Gasteiger partial charge in [0.05, 0.1) is 19.6 Å². The van der Waals surface area contributed by atoms with E-state index in [0.29, 0.717) is 0 Å². The van der Waals surface area contributed by atoms with Crippen LogP contribution in [0.3, 0.4) is 0 Å². The lowest BCUT2D eigenvalue weighted by Crippen LogP contribution is -2.26. The molecule has 0 saturated carbocycles. The van der Waals surface area contributed by atoms with Crippen LogP contribution in [0.2, 0.25) is 0 Å². The summed E-state index contributed by atoms with van der Waals surface area (Å²) < 4.78 is 22.0. The van der Waals surface area contributed by atoms with E-state index in [1.54, 1.807) is 13.8 Å². The molecule has 0 radical (unpaired) electrons. The Morgan fingerprint density at radius 3 is 2.43 bits per heavy atom. The van der Waals surface area contributed by atoms with Crippen molar-refractivity contribution in [3.05, 3.63) is 0 Å². The van der Waals surface area contributed by atoms with E-state index in [-0.39, 0.29) is 13.2 Å². The molecule has 80 valence electrons. The summed E-state index contributed by atoms with van der Waals surface area (Å²) in [6.07, 6.45) is 1.21. The Labute approximate surface area is 82.2 Å². The normalized spacial score (nSPS) is 21.3. The van der Waals surface area contributed by atoms with Crippen LogP contribution in [0.15, 0.2) is 4.99 Å². The number of carbonyl (C=O) groups excluding carboxylic acids is 1. The molecule has 0 aliphatic carbocycles. The zero-order valence-corrected chi connectivity index (χ0v) is 8.99. The lowest BCUT2D eigenvalue weighted by molar-refractivity contribution is -0.118. The molecule has 14 heavy (non-hydrogen) atoms. The van der Waals surface area contributed by atoms with Crippen molar-refractivity contribution in [3.63, 3.8) is 0 Å². The lowest BCUT2D eigenvalue weighted by atomic mass is 10.6. The Bertz CT molecular complexity index is 281. The van der Waals surface area contributed by atoms with Crippen molar-refractivity contribution in [2.45, 2.75) is 19.6 Å². The second-order valence-electron chi connectivity index (χ2n) is 2.54. The van der Waals surface area contributed by atoms with Crippen molar-refractivity contribution < 1.29 is 18.4 Å². The quantitative estimate of drug-likeness (QED) is 0.693. The number of carbonyl (C=O) groups is 1. The molecule has 1 heterocycles. The standard InChI is InChI=1S/C7H13N2O4P/c1-3-12-14(11,13-4-2)7-6(10)8-5-9-7/h5,7H,3-4H2,1-2H3,(H,8,9,10). The number of aliphatic imine (C=N–C) groups is 1. The molecule has 0 spiro atoms. The predicted octanol–water partition coefficient (Wildman–Crippen LogP) is 0.737. The third-order valence-electron chi connectivity index (χ3n) is 1.57. The highest BCUT2D eigenvalue weighted by Crippen LogP contribution is 2.54. The molecule has 1 atom stereocenters. The fourth-order valence-corrected chi connectivity index (χ4v) is 2.75. The van der Waals surface area contributed by atoms with Crippen molar-refractivity contribution in [2.24, 2.45) is 4.99 Å². The number of rotatable bonds is 5. The van der Waals surface area contributed by atoms with E-state index in [4.69, 9.17) is 9.05 Å². The molecule has 1 rings (SSSR count). The van der Waals surface area contributed by atoms with E-state index in [9.17, 15) is 9.36 Å². The summed E-state index contributed by atoms with van der Waals surface area (Å²) in [4.78, 5) is 14.9. The van der Waals surface area contributed by atoms with Gasteiger partial charge in [0, 0.05) is 0 Å². The summed E-state index contributed by atoms with van der Waals surface area (Å²) >= 11 is 0. The Morgan fingerprint density at radius 2 is 2.07 bits per heavy atom.